The van der Waals surface area contributed by atoms with Crippen LogP contribution in [0.15, 0.2) is 45.9 Å². The van der Waals surface area contributed by atoms with Crippen molar-refractivity contribution in [2.24, 2.45) is 25.4 Å². The van der Waals surface area contributed by atoms with Gasteiger partial charge in [-0.3, -0.25) is 23.7 Å². The van der Waals surface area contributed by atoms with E-state index in [1.54, 1.807) is 25.5 Å². The second-order valence-corrected chi connectivity index (χ2v) is 8.07. The highest BCUT2D eigenvalue weighted by Crippen LogP contribution is 2.47. The molecule has 2 aliphatic rings. The Balaban J connectivity index is 2.09. The molecule has 0 saturated carbocycles. The van der Waals surface area contributed by atoms with E-state index in [1.807, 2.05) is 26.0 Å². The summed E-state index contributed by atoms with van der Waals surface area (Å²) in [5.74, 6) is -0.430. The third-order valence-electron chi connectivity index (χ3n) is 5.51. The first-order chi connectivity index (χ1) is 12.7. The molecular weight excluding hydrogens is 344 g/mol. The molecule has 0 fully saturated rings. The monoisotopic (exact) mass is 366 g/mol. The van der Waals surface area contributed by atoms with Gasteiger partial charge in [0.1, 0.15) is 11.6 Å². The summed E-state index contributed by atoms with van der Waals surface area (Å²) in [5, 5.41) is 3.23. The number of hydrogen-bond donors (Lipinski definition) is 1. The lowest BCUT2D eigenvalue weighted by molar-refractivity contribution is -0.124. The number of aromatic nitrogens is 3. The number of rotatable bonds is 1. The molecule has 0 amide bonds. The van der Waals surface area contributed by atoms with Gasteiger partial charge >= 0.3 is 5.69 Å². The molecule has 7 heteroatoms. The lowest BCUT2D eigenvalue weighted by Gasteiger charge is -2.41. The van der Waals surface area contributed by atoms with Gasteiger partial charge in [-0.05, 0) is 17.0 Å². The molecule has 2 aromatic rings. The number of fused-ring (bicyclic) bond motifs is 2. The highest BCUT2D eigenvalue weighted by molar-refractivity contribution is 5.90. The van der Waals surface area contributed by atoms with E-state index < -0.39 is 17.5 Å². The average molecular weight is 366 g/mol. The second-order valence-electron chi connectivity index (χ2n) is 8.07. The standard InChI is InChI=1S/C20H22N4O3/c1-20(2)8-12-15(13(25)9-20)14(11-6-5-7-21-10-11)16-17(22-12)23(3)19(27)24(4)18(16)26/h5-8,10,14-15,22H,9H2,1-4H3/t14-,15-/m1/s1. The number of ketones is 1. The predicted octanol–water partition coefficient (Wildman–Crippen LogP) is 1.54. The van der Waals surface area contributed by atoms with Crippen LogP contribution in [0.3, 0.4) is 0 Å². The zero-order valence-corrected chi connectivity index (χ0v) is 15.8. The molecule has 0 aromatic carbocycles. The van der Waals surface area contributed by atoms with Crippen molar-refractivity contribution >= 4 is 11.6 Å². The van der Waals surface area contributed by atoms with Crippen LogP contribution in [0.1, 0.15) is 37.3 Å². The van der Waals surface area contributed by atoms with Gasteiger partial charge in [-0.25, -0.2) is 4.79 Å². The number of hydrogen-bond acceptors (Lipinski definition) is 5. The van der Waals surface area contributed by atoms with E-state index in [2.05, 4.69) is 10.3 Å². The van der Waals surface area contributed by atoms with Gasteiger partial charge in [0.15, 0.2) is 0 Å². The maximum Gasteiger partial charge on any atom is 0.332 e. The number of nitrogens with one attached hydrogen (secondary N) is 1. The number of Topliss-reactive ketones (excluding diaryl/α,β-unsaturated/α-hetero) is 1. The minimum Gasteiger partial charge on any atom is -0.344 e. The molecule has 0 unspecified atom stereocenters. The zero-order chi connectivity index (χ0) is 19.5. The van der Waals surface area contributed by atoms with Crippen molar-refractivity contribution in [1.29, 1.82) is 0 Å². The Hall–Kier alpha value is -2.96. The third-order valence-corrected chi connectivity index (χ3v) is 5.51. The lowest BCUT2D eigenvalue weighted by atomic mass is 9.67. The molecule has 1 aliphatic carbocycles. The molecule has 0 radical (unpaired) electrons. The summed E-state index contributed by atoms with van der Waals surface area (Å²) in [4.78, 5) is 42.8. The third kappa shape index (κ3) is 2.57. The molecule has 0 saturated heterocycles. The van der Waals surface area contributed by atoms with Crippen molar-refractivity contribution in [3.8, 4) is 0 Å². The highest BCUT2D eigenvalue weighted by Gasteiger charge is 2.46. The minimum absolute atomic E-state index is 0.0837. The Morgan fingerprint density at radius 3 is 2.56 bits per heavy atom. The molecule has 0 bridgehead atoms. The van der Waals surface area contributed by atoms with Gasteiger partial charge in [-0.1, -0.05) is 26.0 Å². The maximum atomic E-state index is 13.1. The Morgan fingerprint density at radius 1 is 1.15 bits per heavy atom. The number of anilines is 1. The molecule has 27 heavy (non-hydrogen) atoms. The van der Waals surface area contributed by atoms with Crippen LogP contribution in [0.25, 0.3) is 0 Å². The van der Waals surface area contributed by atoms with Crippen molar-refractivity contribution in [1.82, 2.24) is 14.1 Å². The van der Waals surface area contributed by atoms with E-state index in [0.29, 0.717) is 17.8 Å². The molecule has 3 heterocycles. The van der Waals surface area contributed by atoms with Crippen LogP contribution in [-0.2, 0) is 18.9 Å². The molecule has 1 N–H and O–H groups in total. The van der Waals surface area contributed by atoms with Gasteiger partial charge in [-0.15, -0.1) is 0 Å². The topological polar surface area (TPSA) is 86.0 Å². The number of allylic oxidation sites excluding steroid dienone is 2. The van der Waals surface area contributed by atoms with Crippen LogP contribution in [0.4, 0.5) is 5.82 Å². The Morgan fingerprint density at radius 2 is 1.89 bits per heavy atom. The first kappa shape index (κ1) is 17.5. The van der Waals surface area contributed by atoms with E-state index in [0.717, 1.165) is 15.8 Å². The quantitative estimate of drug-likeness (QED) is 0.827. The number of carbonyl (C=O) groups excluding carboxylic acids is 1. The van der Waals surface area contributed by atoms with Crippen LogP contribution in [-0.4, -0.2) is 19.9 Å². The number of carbonyl (C=O) groups is 1. The van der Waals surface area contributed by atoms with Gasteiger partial charge in [0.25, 0.3) is 5.56 Å². The molecular formula is C20H22N4O3. The molecule has 0 spiro atoms. The molecule has 140 valence electrons. The average Bonchev–Trinajstić information content (AvgIpc) is 2.62. The molecule has 7 nitrogen and oxygen atoms in total. The number of pyridine rings is 1. The van der Waals surface area contributed by atoms with Gasteiger partial charge in [0.05, 0.1) is 11.5 Å². The molecule has 2 atom stereocenters. The van der Waals surface area contributed by atoms with Gasteiger partial charge < -0.3 is 5.32 Å². The molecule has 1 aliphatic heterocycles. The Labute approximate surface area is 156 Å². The van der Waals surface area contributed by atoms with Crippen LogP contribution < -0.4 is 16.6 Å². The summed E-state index contributed by atoms with van der Waals surface area (Å²) in [6.45, 7) is 4.01. The Kier molecular flexibility index (Phi) is 3.73. The van der Waals surface area contributed by atoms with Crippen molar-refractivity contribution < 1.29 is 4.79 Å². The van der Waals surface area contributed by atoms with Gasteiger partial charge in [0, 0.05) is 44.5 Å². The van der Waals surface area contributed by atoms with E-state index >= 15 is 0 Å². The summed E-state index contributed by atoms with van der Waals surface area (Å²) in [6, 6.07) is 3.67. The van der Waals surface area contributed by atoms with Crippen LogP contribution in [0, 0.1) is 11.3 Å². The van der Waals surface area contributed by atoms with Crippen molar-refractivity contribution in [2.75, 3.05) is 5.32 Å². The normalized spacial score (nSPS) is 23.1. The highest BCUT2D eigenvalue weighted by atomic mass is 16.2. The first-order valence-electron chi connectivity index (χ1n) is 8.93. The second kappa shape index (κ2) is 5.77. The van der Waals surface area contributed by atoms with Crippen LogP contribution >= 0.6 is 0 Å². The summed E-state index contributed by atoms with van der Waals surface area (Å²) in [6.07, 6.45) is 5.80. The van der Waals surface area contributed by atoms with E-state index in [9.17, 15) is 14.4 Å². The maximum absolute atomic E-state index is 13.1. The van der Waals surface area contributed by atoms with Crippen molar-refractivity contribution in [3.05, 3.63) is 68.3 Å². The zero-order valence-electron chi connectivity index (χ0n) is 15.8. The summed E-state index contributed by atoms with van der Waals surface area (Å²) >= 11 is 0. The Bertz CT molecular complexity index is 1090. The number of nitrogens with zero attached hydrogens (tertiary/aromatic N) is 3. The summed E-state index contributed by atoms with van der Waals surface area (Å²) < 4.78 is 2.53. The summed E-state index contributed by atoms with van der Waals surface area (Å²) in [7, 11) is 3.09. The predicted molar refractivity (Wildman–Crippen MR) is 102 cm³/mol. The fourth-order valence-electron chi connectivity index (χ4n) is 4.30. The van der Waals surface area contributed by atoms with E-state index in [-0.39, 0.29) is 16.8 Å². The smallest absolute Gasteiger partial charge is 0.332 e. The van der Waals surface area contributed by atoms with E-state index in [4.69, 9.17) is 0 Å². The van der Waals surface area contributed by atoms with Crippen molar-refractivity contribution in [2.45, 2.75) is 26.2 Å². The van der Waals surface area contributed by atoms with Gasteiger partial charge in [-0.2, -0.15) is 0 Å². The summed E-state index contributed by atoms with van der Waals surface area (Å²) in [5.41, 5.74) is 0.900. The molecule has 2 aromatic heterocycles. The van der Waals surface area contributed by atoms with Crippen LogP contribution in [0.5, 0.6) is 0 Å². The minimum atomic E-state index is -0.486. The fourth-order valence-corrected chi connectivity index (χ4v) is 4.30. The molecule has 4 rings (SSSR count). The van der Waals surface area contributed by atoms with Crippen LogP contribution in [0.2, 0.25) is 0 Å². The largest absolute Gasteiger partial charge is 0.344 e. The lowest BCUT2D eigenvalue weighted by Crippen LogP contribution is -2.47. The SMILES string of the molecule is Cn1c2c(c(=O)n(C)c1=O)[C@H](c1cccnc1)[C@H]1C(=O)CC(C)(C)C=C1N2. The van der Waals surface area contributed by atoms with E-state index in [1.165, 1.54) is 11.6 Å². The first-order valence-corrected chi connectivity index (χ1v) is 8.93. The van der Waals surface area contributed by atoms with Gasteiger partial charge in [0.2, 0.25) is 0 Å². The van der Waals surface area contributed by atoms with Crippen molar-refractivity contribution in [3.63, 3.8) is 0 Å². The fraction of sp³-hybridized carbons (Fsp3) is 0.400.